The Labute approximate surface area is 109 Å². The number of amides is 2. The van der Waals surface area contributed by atoms with E-state index in [-0.39, 0.29) is 23.9 Å². The Morgan fingerprint density at radius 2 is 1.83 bits per heavy atom. The zero-order chi connectivity index (χ0) is 13.3. The highest BCUT2D eigenvalue weighted by molar-refractivity contribution is 6.00. The molecule has 18 heavy (non-hydrogen) atoms. The molecular weight excluding hydrogens is 228 g/mol. The summed E-state index contributed by atoms with van der Waals surface area (Å²) in [5, 5.41) is 2.86. The first-order valence-corrected chi connectivity index (χ1v) is 7.21. The van der Waals surface area contributed by atoms with E-state index in [4.69, 9.17) is 0 Å². The predicted octanol–water partition coefficient (Wildman–Crippen LogP) is 1.83. The van der Waals surface area contributed by atoms with Crippen LogP contribution in [0.5, 0.6) is 0 Å². The van der Waals surface area contributed by atoms with E-state index in [1.54, 1.807) is 6.92 Å². The predicted molar refractivity (Wildman–Crippen MR) is 70.0 cm³/mol. The average Bonchev–Trinajstić information content (AvgIpc) is 2.83. The van der Waals surface area contributed by atoms with Crippen LogP contribution in [0.25, 0.3) is 0 Å². The van der Waals surface area contributed by atoms with Crippen LogP contribution in [0.2, 0.25) is 0 Å². The van der Waals surface area contributed by atoms with Crippen LogP contribution in [0.1, 0.15) is 59.3 Å². The van der Waals surface area contributed by atoms with Crippen LogP contribution in [-0.4, -0.2) is 34.3 Å². The molecule has 1 spiro atoms. The molecule has 4 heteroatoms. The molecule has 1 saturated heterocycles. The second-order valence-electron chi connectivity index (χ2n) is 5.61. The number of nitrogens with one attached hydrogen (secondary N) is 1. The number of nitrogens with zero attached hydrogens (tertiary/aromatic N) is 1. The van der Waals surface area contributed by atoms with Crippen molar-refractivity contribution in [2.24, 2.45) is 0 Å². The Morgan fingerprint density at radius 3 is 2.33 bits per heavy atom. The molecule has 2 fully saturated rings. The van der Waals surface area contributed by atoms with Crippen LogP contribution in [-0.2, 0) is 9.59 Å². The zero-order valence-electron chi connectivity index (χ0n) is 11.7. The Morgan fingerprint density at radius 1 is 1.28 bits per heavy atom. The van der Waals surface area contributed by atoms with Gasteiger partial charge in [-0.25, -0.2) is 0 Å². The number of hydrogen-bond acceptors (Lipinski definition) is 2. The molecule has 1 aliphatic carbocycles. The van der Waals surface area contributed by atoms with Crippen molar-refractivity contribution in [1.29, 1.82) is 0 Å². The van der Waals surface area contributed by atoms with Crippen LogP contribution < -0.4 is 5.32 Å². The molecule has 1 N–H and O–H groups in total. The van der Waals surface area contributed by atoms with Gasteiger partial charge in [0, 0.05) is 6.04 Å². The summed E-state index contributed by atoms with van der Waals surface area (Å²) in [7, 11) is 0. The number of hydrogen-bond donors (Lipinski definition) is 1. The van der Waals surface area contributed by atoms with Crippen molar-refractivity contribution in [3.8, 4) is 0 Å². The van der Waals surface area contributed by atoms with E-state index in [0.29, 0.717) is 0 Å². The molecule has 2 rings (SSSR count). The minimum Gasteiger partial charge on any atom is -0.343 e. The minimum atomic E-state index is -0.541. The monoisotopic (exact) mass is 252 g/mol. The van der Waals surface area contributed by atoms with Crippen molar-refractivity contribution in [2.45, 2.75) is 76.9 Å². The van der Waals surface area contributed by atoms with Crippen LogP contribution in [0, 0.1) is 0 Å². The molecule has 102 valence electrons. The van der Waals surface area contributed by atoms with Gasteiger partial charge < -0.3 is 10.2 Å². The summed E-state index contributed by atoms with van der Waals surface area (Å²) in [5.41, 5.74) is -0.541. The van der Waals surface area contributed by atoms with Crippen molar-refractivity contribution in [3.05, 3.63) is 0 Å². The van der Waals surface area contributed by atoms with Gasteiger partial charge in [0.15, 0.2) is 0 Å². The summed E-state index contributed by atoms with van der Waals surface area (Å²) < 4.78 is 0. The number of carbonyl (C=O) groups is 2. The number of carbonyl (C=O) groups excluding carboxylic acids is 2. The Hall–Kier alpha value is -1.06. The molecule has 0 bridgehead atoms. The van der Waals surface area contributed by atoms with Gasteiger partial charge in [0.05, 0.1) is 0 Å². The largest absolute Gasteiger partial charge is 0.343 e. The third kappa shape index (κ3) is 1.82. The molecule has 0 aromatic rings. The second kappa shape index (κ2) is 4.90. The fraction of sp³-hybridized carbons (Fsp3) is 0.857. The summed E-state index contributed by atoms with van der Waals surface area (Å²) in [6.45, 7) is 5.99. The highest BCUT2D eigenvalue weighted by Crippen LogP contribution is 2.40. The quantitative estimate of drug-likeness (QED) is 0.833. The third-order valence-corrected chi connectivity index (χ3v) is 4.58. The van der Waals surface area contributed by atoms with Gasteiger partial charge in [-0.15, -0.1) is 0 Å². The number of piperazine rings is 1. The van der Waals surface area contributed by atoms with Gasteiger partial charge in [0.1, 0.15) is 11.6 Å². The Kier molecular flexibility index (Phi) is 3.64. The van der Waals surface area contributed by atoms with Crippen LogP contribution in [0.4, 0.5) is 0 Å². The van der Waals surface area contributed by atoms with E-state index in [1.807, 2.05) is 4.90 Å². The molecule has 2 amide bonds. The molecule has 1 aliphatic heterocycles. The lowest BCUT2D eigenvalue weighted by Gasteiger charge is -2.49. The Balaban J connectivity index is 2.39. The van der Waals surface area contributed by atoms with E-state index in [9.17, 15) is 9.59 Å². The van der Waals surface area contributed by atoms with Gasteiger partial charge >= 0.3 is 0 Å². The van der Waals surface area contributed by atoms with E-state index < -0.39 is 5.54 Å². The topological polar surface area (TPSA) is 49.4 Å². The van der Waals surface area contributed by atoms with Crippen LogP contribution in [0.15, 0.2) is 0 Å². The summed E-state index contributed by atoms with van der Waals surface area (Å²) in [6, 6.07) is -0.173. The Bertz CT molecular complexity index is 344. The molecular formula is C14H24N2O2. The molecule has 1 atom stereocenters. The second-order valence-corrected chi connectivity index (χ2v) is 5.61. The molecule has 0 aromatic heterocycles. The molecule has 1 unspecified atom stereocenters. The maximum absolute atomic E-state index is 12.5. The molecule has 1 heterocycles. The smallest absolute Gasteiger partial charge is 0.246 e. The van der Waals surface area contributed by atoms with Crippen molar-refractivity contribution in [3.63, 3.8) is 0 Å². The summed E-state index contributed by atoms with van der Waals surface area (Å²) in [4.78, 5) is 26.9. The van der Waals surface area contributed by atoms with Crippen LogP contribution in [0.3, 0.4) is 0 Å². The van der Waals surface area contributed by atoms with Crippen molar-refractivity contribution < 1.29 is 9.59 Å². The summed E-state index contributed by atoms with van der Waals surface area (Å²) >= 11 is 0. The highest BCUT2D eigenvalue weighted by Gasteiger charge is 2.54. The minimum absolute atomic E-state index is 0.0685. The van der Waals surface area contributed by atoms with Crippen molar-refractivity contribution >= 4 is 11.8 Å². The lowest BCUT2D eigenvalue weighted by atomic mass is 9.87. The summed E-state index contributed by atoms with van der Waals surface area (Å²) in [5.74, 6) is 0.171. The maximum Gasteiger partial charge on any atom is 0.246 e. The third-order valence-electron chi connectivity index (χ3n) is 4.58. The van der Waals surface area contributed by atoms with Crippen molar-refractivity contribution in [2.75, 3.05) is 0 Å². The van der Waals surface area contributed by atoms with Gasteiger partial charge in [-0.2, -0.15) is 0 Å². The lowest BCUT2D eigenvalue weighted by Crippen LogP contribution is -2.71. The molecule has 1 saturated carbocycles. The first kappa shape index (κ1) is 13.4. The van der Waals surface area contributed by atoms with Gasteiger partial charge in [0.2, 0.25) is 11.8 Å². The van der Waals surface area contributed by atoms with E-state index in [0.717, 1.165) is 38.5 Å². The lowest BCUT2D eigenvalue weighted by molar-refractivity contribution is -0.160. The van der Waals surface area contributed by atoms with Gasteiger partial charge in [0.25, 0.3) is 0 Å². The van der Waals surface area contributed by atoms with Crippen molar-refractivity contribution in [1.82, 2.24) is 10.2 Å². The molecule has 0 aromatic carbocycles. The zero-order valence-corrected chi connectivity index (χ0v) is 11.7. The van der Waals surface area contributed by atoms with Gasteiger partial charge in [-0.05, 0) is 32.6 Å². The fourth-order valence-electron chi connectivity index (χ4n) is 3.53. The SMILES string of the molecule is CCC(CC)N1C(=O)C(C)NC(=O)C12CCCC2. The maximum atomic E-state index is 12.5. The van der Waals surface area contributed by atoms with E-state index >= 15 is 0 Å². The molecule has 4 nitrogen and oxygen atoms in total. The average molecular weight is 252 g/mol. The fourth-order valence-corrected chi connectivity index (χ4v) is 3.53. The van der Waals surface area contributed by atoms with Crippen LogP contribution >= 0.6 is 0 Å². The van der Waals surface area contributed by atoms with E-state index in [1.165, 1.54) is 0 Å². The molecule has 0 radical (unpaired) electrons. The van der Waals surface area contributed by atoms with E-state index in [2.05, 4.69) is 19.2 Å². The first-order valence-electron chi connectivity index (χ1n) is 7.21. The van der Waals surface area contributed by atoms with Gasteiger partial charge in [-0.1, -0.05) is 26.7 Å². The first-order chi connectivity index (χ1) is 8.56. The normalized spacial score (nSPS) is 27.1. The summed E-state index contributed by atoms with van der Waals surface area (Å²) in [6.07, 6.45) is 5.59. The standard InChI is InChI=1S/C14H24N2O2/c1-4-11(5-2)16-12(17)10(3)15-13(18)14(16)8-6-7-9-14/h10-11H,4-9H2,1-3H3,(H,15,18). The highest BCUT2D eigenvalue weighted by atomic mass is 16.2. The van der Waals surface area contributed by atoms with Gasteiger partial charge in [-0.3, -0.25) is 9.59 Å². The molecule has 2 aliphatic rings. The number of rotatable bonds is 3.